The van der Waals surface area contributed by atoms with E-state index in [0.717, 1.165) is 70.1 Å². The Hall–Kier alpha value is -2.99. The summed E-state index contributed by atoms with van der Waals surface area (Å²) in [7, 11) is 0. The van der Waals surface area contributed by atoms with Gasteiger partial charge in [-0.25, -0.2) is 4.98 Å². The zero-order valence-corrected chi connectivity index (χ0v) is 17.9. The van der Waals surface area contributed by atoms with E-state index in [9.17, 15) is 22.8 Å². The largest absolute Gasteiger partial charge is 0.433 e. The van der Waals surface area contributed by atoms with Gasteiger partial charge < -0.3 is 16.4 Å². The summed E-state index contributed by atoms with van der Waals surface area (Å²) >= 11 is 0. The van der Waals surface area contributed by atoms with Crippen LogP contribution in [0.2, 0.25) is 0 Å². The summed E-state index contributed by atoms with van der Waals surface area (Å²) in [4.78, 5) is 30.3. The molecule has 1 saturated heterocycles. The van der Waals surface area contributed by atoms with E-state index in [-0.39, 0.29) is 17.4 Å². The fourth-order valence-electron chi connectivity index (χ4n) is 4.49. The summed E-state index contributed by atoms with van der Waals surface area (Å²) in [5.41, 5.74) is 3.74. The van der Waals surface area contributed by atoms with Gasteiger partial charge >= 0.3 is 6.18 Å². The third-order valence-corrected chi connectivity index (χ3v) is 6.19. The Labute approximate surface area is 188 Å². The van der Waals surface area contributed by atoms with Gasteiger partial charge in [0.2, 0.25) is 0 Å². The van der Waals surface area contributed by atoms with Crippen LogP contribution in [-0.2, 0) is 6.18 Å². The molecule has 0 unspecified atom stereocenters. The van der Waals surface area contributed by atoms with E-state index >= 15 is 0 Å². The number of halogens is 3. The van der Waals surface area contributed by atoms with Gasteiger partial charge in [0.05, 0.1) is 11.7 Å². The predicted octanol–water partition coefficient (Wildman–Crippen LogP) is 2.04. The third kappa shape index (κ3) is 5.33. The molecule has 2 fully saturated rings. The van der Waals surface area contributed by atoms with Crippen LogP contribution in [0, 0.1) is 0 Å². The zero-order chi connectivity index (χ0) is 23.6. The molecule has 0 spiro atoms. The second-order valence-electron chi connectivity index (χ2n) is 8.34. The van der Waals surface area contributed by atoms with Gasteiger partial charge in [-0.05, 0) is 37.8 Å². The first-order valence-corrected chi connectivity index (χ1v) is 10.9. The van der Waals surface area contributed by atoms with Crippen molar-refractivity contribution in [2.75, 3.05) is 31.5 Å². The van der Waals surface area contributed by atoms with Gasteiger partial charge in [0.15, 0.2) is 5.69 Å². The molecule has 1 saturated carbocycles. The molecule has 9 nitrogen and oxygen atoms in total. The second-order valence-corrected chi connectivity index (χ2v) is 8.34. The Kier molecular flexibility index (Phi) is 6.66. The van der Waals surface area contributed by atoms with E-state index in [4.69, 9.17) is 5.73 Å². The molecule has 178 valence electrons. The molecule has 1 aliphatic heterocycles. The highest BCUT2D eigenvalue weighted by atomic mass is 19.4. The molecular weight excluding hydrogens is 439 g/mol. The smallest absolute Gasteiger partial charge is 0.364 e. The van der Waals surface area contributed by atoms with Crippen molar-refractivity contribution in [3.05, 3.63) is 41.5 Å². The van der Waals surface area contributed by atoms with Crippen molar-refractivity contribution < 1.29 is 22.8 Å². The third-order valence-electron chi connectivity index (χ3n) is 6.19. The molecule has 12 heteroatoms. The number of pyridine rings is 1. The number of carbonyl (C=O) groups excluding carboxylic acids is 2. The Morgan fingerprint density at radius 3 is 2.39 bits per heavy atom. The van der Waals surface area contributed by atoms with Crippen LogP contribution in [-0.4, -0.2) is 63.7 Å². The van der Waals surface area contributed by atoms with Crippen molar-refractivity contribution >= 4 is 17.5 Å². The molecule has 33 heavy (non-hydrogen) atoms. The monoisotopic (exact) mass is 465 g/mol. The number of aromatic nitrogens is 3. The normalized spacial score (nSPS) is 22.2. The number of hydrogen-bond donors (Lipinski definition) is 3. The number of rotatable bonds is 5. The average molecular weight is 465 g/mol. The lowest BCUT2D eigenvalue weighted by atomic mass is 9.90. The standard InChI is InChI=1S/C21H26F3N7O2/c22-21(23,24)17-3-1-2-15(27-17)20(33)28-16-12-31(29-18(16)19(25)32)14-6-4-13(5-7-14)30-10-8-26-9-11-30/h1-3,12-14,26H,4-11H2,(H2,25,32)(H,28,33). The lowest BCUT2D eigenvalue weighted by molar-refractivity contribution is -0.141. The van der Waals surface area contributed by atoms with Crippen molar-refractivity contribution in [2.45, 2.75) is 43.9 Å². The highest BCUT2D eigenvalue weighted by molar-refractivity contribution is 6.07. The first kappa shape index (κ1) is 23.2. The van der Waals surface area contributed by atoms with Crippen LogP contribution in [0.25, 0.3) is 0 Å². The van der Waals surface area contributed by atoms with Gasteiger partial charge in [0.1, 0.15) is 11.4 Å². The van der Waals surface area contributed by atoms with Crippen LogP contribution in [0.1, 0.15) is 58.4 Å². The summed E-state index contributed by atoms with van der Waals surface area (Å²) in [5, 5.41) is 10.1. The molecule has 4 rings (SSSR count). The highest BCUT2D eigenvalue weighted by Crippen LogP contribution is 2.32. The lowest BCUT2D eigenvalue weighted by Crippen LogP contribution is -2.49. The van der Waals surface area contributed by atoms with Crippen molar-refractivity contribution in [1.82, 2.24) is 25.0 Å². The van der Waals surface area contributed by atoms with Gasteiger partial charge in [-0.3, -0.25) is 19.2 Å². The van der Waals surface area contributed by atoms with Gasteiger partial charge in [-0.2, -0.15) is 18.3 Å². The van der Waals surface area contributed by atoms with Crippen molar-refractivity contribution in [3.8, 4) is 0 Å². The molecule has 0 bridgehead atoms. The molecule has 2 aromatic heterocycles. The van der Waals surface area contributed by atoms with E-state index < -0.39 is 29.4 Å². The number of nitrogens with zero attached hydrogens (tertiary/aromatic N) is 4. The highest BCUT2D eigenvalue weighted by Gasteiger charge is 2.33. The minimum atomic E-state index is -4.68. The minimum Gasteiger partial charge on any atom is -0.364 e. The summed E-state index contributed by atoms with van der Waals surface area (Å²) < 4.78 is 40.4. The number of primary amides is 1. The van der Waals surface area contributed by atoms with Gasteiger partial charge in [0, 0.05) is 38.4 Å². The Morgan fingerprint density at radius 2 is 1.76 bits per heavy atom. The van der Waals surface area contributed by atoms with E-state index in [0.29, 0.717) is 6.04 Å². The average Bonchev–Trinajstić information content (AvgIpc) is 3.23. The maximum atomic E-state index is 12.9. The summed E-state index contributed by atoms with van der Waals surface area (Å²) in [5.74, 6) is -1.72. The molecule has 4 N–H and O–H groups in total. The van der Waals surface area contributed by atoms with Gasteiger partial charge in [-0.15, -0.1) is 0 Å². The molecule has 0 aromatic carbocycles. The maximum absolute atomic E-state index is 12.9. The van der Waals surface area contributed by atoms with E-state index in [1.807, 2.05) is 0 Å². The SMILES string of the molecule is NC(=O)c1nn(C2CCC(N3CCNCC3)CC2)cc1NC(=O)c1cccc(C(F)(F)F)n1. The molecule has 2 aliphatic rings. The quantitative estimate of drug-likeness (QED) is 0.622. The molecule has 1 aliphatic carbocycles. The van der Waals surface area contributed by atoms with Crippen LogP contribution >= 0.6 is 0 Å². The number of nitrogens with two attached hydrogens (primary N) is 1. The number of piperazine rings is 1. The van der Waals surface area contributed by atoms with Crippen molar-refractivity contribution in [1.29, 1.82) is 0 Å². The van der Waals surface area contributed by atoms with Gasteiger partial charge in [0.25, 0.3) is 11.8 Å². The number of nitrogens with one attached hydrogen (secondary N) is 2. The van der Waals surface area contributed by atoms with Crippen LogP contribution in [0.15, 0.2) is 24.4 Å². The predicted molar refractivity (Wildman–Crippen MR) is 114 cm³/mol. The first-order valence-electron chi connectivity index (χ1n) is 10.9. The van der Waals surface area contributed by atoms with Gasteiger partial charge in [-0.1, -0.05) is 6.07 Å². The van der Waals surface area contributed by atoms with Crippen LogP contribution in [0.5, 0.6) is 0 Å². The molecular formula is C21H26F3N7O2. The first-order chi connectivity index (χ1) is 15.7. The Balaban J connectivity index is 1.46. The van der Waals surface area contributed by atoms with Crippen molar-refractivity contribution in [2.24, 2.45) is 5.73 Å². The molecule has 2 aromatic rings. The number of anilines is 1. The minimum absolute atomic E-state index is 0.0413. The molecule has 0 radical (unpaired) electrons. The van der Waals surface area contributed by atoms with Crippen LogP contribution in [0.3, 0.4) is 0 Å². The fraction of sp³-hybridized carbons (Fsp3) is 0.524. The Morgan fingerprint density at radius 1 is 1.09 bits per heavy atom. The number of amides is 2. The number of carbonyl (C=O) groups is 2. The maximum Gasteiger partial charge on any atom is 0.433 e. The number of hydrogen-bond acceptors (Lipinski definition) is 6. The zero-order valence-electron chi connectivity index (χ0n) is 17.9. The summed E-state index contributed by atoms with van der Waals surface area (Å²) in [6.07, 6.45) is 0.539. The van der Waals surface area contributed by atoms with Crippen LogP contribution < -0.4 is 16.4 Å². The lowest BCUT2D eigenvalue weighted by Gasteiger charge is -2.39. The Bertz CT molecular complexity index is 1010. The molecule has 0 atom stereocenters. The van der Waals surface area contributed by atoms with Crippen molar-refractivity contribution in [3.63, 3.8) is 0 Å². The van der Waals surface area contributed by atoms with E-state index in [1.165, 1.54) is 6.20 Å². The summed E-state index contributed by atoms with van der Waals surface area (Å²) in [6, 6.07) is 3.59. The van der Waals surface area contributed by atoms with E-state index in [2.05, 4.69) is 25.6 Å². The fourth-order valence-corrected chi connectivity index (χ4v) is 4.49. The summed E-state index contributed by atoms with van der Waals surface area (Å²) in [6.45, 7) is 4.04. The van der Waals surface area contributed by atoms with Crippen LogP contribution in [0.4, 0.5) is 18.9 Å². The van der Waals surface area contributed by atoms with E-state index in [1.54, 1.807) is 4.68 Å². The second kappa shape index (κ2) is 9.48. The topological polar surface area (TPSA) is 118 Å². The molecule has 2 amide bonds. The number of alkyl halides is 3. The molecule has 3 heterocycles.